The number of unbranched alkanes of at least 4 members (excludes halogenated alkanes) is 1. The number of hydrogen-bond acceptors (Lipinski definition) is 4. The number of benzene rings is 2. The Bertz CT molecular complexity index is 1250. The molecule has 222 valence electrons. The van der Waals surface area contributed by atoms with Gasteiger partial charge in [-0.1, -0.05) is 51.0 Å². The molecule has 0 amide bonds. The van der Waals surface area contributed by atoms with Gasteiger partial charge in [-0.15, -0.1) is 0 Å². The molecule has 3 aromatic rings. The highest BCUT2D eigenvalue weighted by Crippen LogP contribution is 2.65. The lowest BCUT2D eigenvalue weighted by molar-refractivity contribution is -0.138. The molecule has 1 aromatic heterocycles. The van der Waals surface area contributed by atoms with Crippen molar-refractivity contribution in [2.24, 2.45) is 0 Å². The number of hydrogen-bond donors (Lipinski definition) is 0. The Labute approximate surface area is 238 Å². The maximum absolute atomic E-state index is 13.7. The van der Waals surface area contributed by atoms with E-state index in [-0.39, 0.29) is 6.10 Å². The summed E-state index contributed by atoms with van der Waals surface area (Å²) < 4.78 is 92.6. The maximum atomic E-state index is 13.7. The lowest BCUT2D eigenvalue weighted by atomic mass is 9.91. The number of likely N-dealkylation sites (N-methyl/N-ethyl adjacent to an activating group) is 2. The van der Waals surface area contributed by atoms with E-state index in [9.17, 15) is 26.3 Å². The average molecular weight is 598 g/mol. The van der Waals surface area contributed by atoms with E-state index in [2.05, 4.69) is 11.9 Å². The number of pyridine rings is 1. The molecular weight excluding hydrogens is 563 g/mol. The molecule has 2 aromatic carbocycles. The van der Waals surface area contributed by atoms with Gasteiger partial charge in [-0.05, 0) is 74.0 Å². The van der Waals surface area contributed by atoms with Crippen LogP contribution in [-0.2, 0) is 23.3 Å². The minimum Gasteiger partial charge on any atom is -0.323 e. The van der Waals surface area contributed by atoms with Crippen LogP contribution in [0.5, 0.6) is 0 Å². The van der Waals surface area contributed by atoms with Crippen molar-refractivity contribution in [1.29, 1.82) is 0 Å². The molecule has 0 unspecified atom stereocenters. The first-order chi connectivity index (χ1) is 19.4. The van der Waals surface area contributed by atoms with Crippen LogP contribution in [0.2, 0.25) is 0 Å². The van der Waals surface area contributed by atoms with Gasteiger partial charge >= 0.3 is 12.4 Å². The molecule has 1 aliphatic rings. The molecule has 1 aliphatic heterocycles. The van der Waals surface area contributed by atoms with E-state index in [4.69, 9.17) is 4.52 Å². The van der Waals surface area contributed by atoms with E-state index < -0.39 is 44.0 Å². The molecule has 0 N–H and O–H groups in total. The Kier molecular flexibility index (Phi) is 9.79. The molecule has 3 atom stereocenters. The maximum Gasteiger partial charge on any atom is 0.416 e. The van der Waals surface area contributed by atoms with Crippen LogP contribution in [0.15, 0.2) is 67.0 Å². The van der Waals surface area contributed by atoms with Crippen molar-refractivity contribution in [3.63, 3.8) is 0 Å². The molecule has 11 heteroatoms. The second kappa shape index (κ2) is 12.8. The van der Waals surface area contributed by atoms with Gasteiger partial charge in [0.1, 0.15) is 0 Å². The molecular formula is C30H34F6N3OP. The van der Waals surface area contributed by atoms with E-state index in [0.717, 1.165) is 54.7 Å². The standard InChI is InChI=1S/C30H34F6N3OP/c1-5-7-14-26(25-19-37-16-15-20(25)6-2)40-41-38(3)27(21-10-8-12-23(17-21)29(31,32)33)28(39(41)4)22-11-9-13-24(18-22)30(34,35)36/h8-13,15-19,26-28H,5-7,14H2,1-4H3/t26-,27-,28-/m0/s1. The summed E-state index contributed by atoms with van der Waals surface area (Å²) in [6.07, 6.45) is -2.64. The second-order valence-electron chi connectivity index (χ2n) is 10.2. The van der Waals surface area contributed by atoms with Crippen LogP contribution in [0.4, 0.5) is 26.3 Å². The fourth-order valence-electron chi connectivity index (χ4n) is 5.40. The molecule has 0 spiro atoms. The van der Waals surface area contributed by atoms with Crippen LogP contribution in [0, 0.1) is 0 Å². The first-order valence-corrected chi connectivity index (χ1v) is 14.7. The second-order valence-corrected chi connectivity index (χ2v) is 12.2. The Morgan fingerprint density at radius 3 is 1.85 bits per heavy atom. The van der Waals surface area contributed by atoms with Crippen LogP contribution in [0.1, 0.15) is 84.7 Å². The van der Waals surface area contributed by atoms with Gasteiger partial charge in [0.05, 0.1) is 29.3 Å². The van der Waals surface area contributed by atoms with Crippen LogP contribution >= 0.6 is 8.45 Å². The molecule has 4 nitrogen and oxygen atoms in total. The monoisotopic (exact) mass is 597 g/mol. The molecule has 0 bridgehead atoms. The molecule has 0 aliphatic carbocycles. The highest BCUT2D eigenvalue weighted by Gasteiger charge is 2.48. The van der Waals surface area contributed by atoms with E-state index >= 15 is 0 Å². The van der Waals surface area contributed by atoms with Crippen molar-refractivity contribution < 1.29 is 30.9 Å². The highest BCUT2D eigenvalue weighted by molar-refractivity contribution is 7.47. The lowest BCUT2D eigenvalue weighted by Crippen LogP contribution is -2.22. The SMILES string of the molecule is CCCC[C@H](OP1N(C)[C@@H](c2cccc(C(F)(F)F)c2)[C@H](c2cccc(C(F)(F)F)c2)N1C)c1cnccc1CC. The van der Waals surface area contributed by atoms with Crippen LogP contribution in [0.3, 0.4) is 0 Å². The molecule has 2 heterocycles. The van der Waals surface area contributed by atoms with Gasteiger partial charge in [0.15, 0.2) is 8.45 Å². The van der Waals surface area contributed by atoms with Crippen molar-refractivity contribution in [2.75, 3.05) is 14.1 Å². The fourth-order valence-corrected chi connectivity index (χ4v) is 7.54. The van der Waals surface area contributed by atoms with E-state index in [1.807, 2.05) is 22.3 Å². The van der Waals surface area contributed by atoms with Gasteiger partial charge < -0.3 is 4.52 Å². The van der Waals surface area contributed by atoms with Crippen molar-refractivity contribution in [3.8, 4) is 0 Å². The zero-order chi connectivity index (χ0) is 29.9. The number of nitrogens with zero attached hydrogens (tertiary/aromatic N) is 3. The lowest BCUT2D eigenvalue weighted by Gasteiger charge is -2.31. The molecule has 1 saturated heterocycles. The molecule has 4 rings (SSSR count). The number of aryl methyl sites for hydroxylation is 1. The van der Waals surface area contributed by atoms with Crippen LogP contribution in [-0.4, -0.2) is 28.4 Å². The molecule has 1 fully saturated rings. The van der Waals surface area contributed by atoms with Crippen molar-refractivity contribution >= 4 is 8.45 Å². The average Bonchev–Trinajstić information content (AvgIpc) is 3.19. The van der Waals surface area contributed by atoms with E-state index in [1.54, 1.807) is 38.6 Å². The Morgan fingerprint density at radius 2 is 1.39 bits per heavy atom. The third-order valence-electron chi connectivity index (χ3n) is 7.47. The zero-order valence-electron chi connectivity index (χ0n) is 23.4. The fraction of sp³-hybridized carbons (Fsp3) is 0.433. The van der Waals surface area contributed by atoms with Gasteiger partial charge in [-0.25, -0.2) is 9.34 Å². The molecule has 41 heavy (non-hydrogen) atoms. The number of halogens is 6. The predicted octanol–water partition coefficient (Wildman–Crippen LogP) is 9.52. The largest absolute Gasteiger partial charge is 0.416 e. The van der Waals surface area contributed by atoms with E-state index in [0.29, 0.717) is 17.5 Å². The van der Waals surface area contributed by atoms with E-state index in [1.165, 1.54) is 12.1 Å². The zero-order valence-corrected chi connectivity index (χ0v) is 24.3. The normalized spacial score (nSPS) is 20.0. The molecule has 0 saturated carbocycles. The summed E-state index contributed by atoms with van der Waals surface area (Å²) in [6, 6.07) is 10.6. The van der Waals surface area contributed by atoms with Gasteiger partial charge in [-0.2, -0.15) is 26.3 Å². The summed E-state index contributed by atoms with van der Waals surface area (Å²) in [7, 11) is 1.94. The third kappa shape index (κ3) is 6.94. The number of rotatable bonds is 9. The summed E-state index contributed by atoms with van der Waals surface area (Å²) in [5.41, 5.74) is 1.12. The highest BCUT2D eigenvalue weighted by atomic mass is 31.2. The quantitative estimate of drug-likeness (QED) is 0.181. The van der Waals surface area contributed by atoms with Gasteiger partial charge in [0.2, 0.25) is 0 Å². The Balaban J connectivity index is 1.80. The Hall–Kier alpha value is -2.52. The summed E-state index contributed by atoms with van der Waals surface area (Å²) in [4.78, 5) is 4.31. The van der Waals surface area contributed by atoms with Crippen molar-refractivity contribution in [3.05, 3.63) is 100 Å². The summed E-state index contributed by atoms with van der Waals surface area (Å²) in [6.45, 7) is 4.12. The first-order valence-electron chi connectivity index (χ1n) is 13.6. The molecule has 0 radical (unpaired) electrons. The summed E-state index contributed by atoms with van der Waals surface area (Å²) in [5.74, 6) is 0. The predicted molar refractivity (Wildman–Crippen MR) is 148 cm³/mol. The minimum absolute atomic E-state index is 0.336. The smallest absolute Gasteiger partial charge is 0.323 e. The van der Waals surface area contributed by atoms with Gasteiger partial charge in [-0.3, -0.25) is 4.98 Å². The van der Waals surface area contributed by atoms with Gasteiger partial charge in [0.25, 0.3) is 0 Å². The summed E-state index contributed by atoms with van der Waals surface area (Å²) in [5, 5.41) is 0. The number of alkyl halides is 6. The Morgan fingerprint density at radius 1 is 0.854 bits per heavy atom. The summed E-state index contributed by atoms with van der Waals surface area (Å²) >= 11 is 0. The number of aromatic nitrogens is 1. The van der Waals surface area contributed by atoms with Crippen molar-refractivity contribution in [1.82, 2.24) is 14.3 Å². The topological polar surface area (TPSA) is 28.6 Å². The van der Waals surface area contributed by atoms with Gasteiger partial charge in [0, 0.05) is 18.0 Å². The first kappa shape index (κ1) is 31.4. The van der Waals surface area contributed by atoms with Crippen LogP contribution in [0.25, 0.3) is 0 Å². The van der Waals surface area contributed by atoms with Crippen molar-refractivity contribution in [2.45, 2.75) is 70.1 Å². The minimum atomic E-state index is -4.56. The third-order valence-corrected chi connectivity index (χ3v) is 9.49. The van der Waals surface area contributed by atoms with Crippen LogP contribution < -0.4 is 0 Å².